The van der Waals surface area contributed by atoms with Crippen LogP contribution in [0.2, 0.25) is 0 Å². The molecule has 0 amide bonds. The summed E-state index contributed by atoms with van der Waals surface area (Å²) in [5.74, 6) is 3.86. The highest BCUT2D eigenvalue weighted by molar-refractivity contribution is 7.98. The Labute approximate surface area is 93.6 Å². The first-order valence-electron chi connectivity index (χ1n) is 4.49. The van der Waals surface area contributed by atoms with Crippen LogP contribution in [0.4, 0.5) is 0 Å². The van der Waals surface area contributed by atoms with E-state index in [0.717, 1.165) is 5.56 Å². The maximum absolute atomic E-state index is 9.66. The Balaban J connectivity index is 2.88. The third kappa shape index (κ3) is 2.88. The smallest absolute Gasteiger partial charge is 0.142 e. The van der Waals surface area contributed by atoms with Crippen molar-refractivity contribution >= 4 is 11.8 Å². The summed E-state index contributed by atoms with van der Waals surface area (Å²) in [6, 6.07) is 0. The van der Waals surface area contributed by atoms with E-state index in [9.17, 15) is 5.11 Å². The van der Waals surface area contributed by atoms with Crippen molar-refractivity contribution in [1.82, 2.24) is 4.98 Å². The van der Waals surface area contributed by atoms with E-state index < -0.39 is 0 Å². The average Bonchev–Trinajstić information content (AvgIpc) is 2.24. The van der Waals surface area contributed by atoms with Gasteiger partial charge in [0.15, 0.2) is 0 Å². The lowest BCUT2D eigenvalue weighted by molar-refractivity contribution is 0.274. The molecule has 0 bridgehead atoms. The first-order chi connectivity index (χ1) is 7.20. The van der Waals surface area contributed by atoms with Gasteiger partial charge in [-0.3, -0.25) is 4.98 Å². The minimum atomic E-state index is -0.179. The van der Waals surface area contributed by atoms with Gasteiger partial charge in [0.1, 0.15) is 5.75 Å². The zero-order chi connectivity index (χ0) is 11.3. The predicted octanol–water partition coefficient (Wildman–Crippen LogP) is 1.45. The van der Waals surface area contributed by atoms with Gasteiger partial charge in [-0.05, 0) is 12.5 Å². The lowest BCUT2D eigenvalue weighted by atomic mass is 10.1. The van der Waals surface area contributed by atoms with Crippen molar-refractivity contribution in [3.05, 3.63) is 23.0 Å². The minimum Gasteiger partial charge on any atom is -0.506 e. The number of hydrogen-bond acceptors (Lipinski definition) is 4. The fraction of sp³-hybridized carbons (Fsp3) is 0.364. The number of pyridine rings is 1. The maximum atomic E-state index is 9.66. The van der Waals surface area contributed by atoms with Crippen molar-refractivity contribution < 1.29 is 10.2 Å². The van der Waals surface area contributed by atoms with Crippen molar-refractivity contribution in [3.63, 3.8) is 0 Å². The van der Waals surface area contributed by atoms with Crippen LogP contribution in [0, 0.1) is 19.3 Å². The van der Waals surface area contributed by atoms with Crippen molar-refractivity contribution in [2.24, 2.45) is 0 Å². The summed E-state index contributed by atoms with van der Waals surface area (Å²) in [4.78, 5) is 4.04. The molecular formula is C11H13NO2S. The summed E-state index contributed by atoms with van der Waals surface area (Å²) in [5, 5.41) is 18.8. The van der Waals surface area contributed by atoms with Crippen LogP contribution in [0.25, 0.3) is 0 Å². The van der Waals surface area contributed by atoms with Crippen LogP contribution in [-0.2, 0) is 12.4 Å². The van der Waals surface area contributed by atoms with E-state index in [1.807, 2.05) is 0 Å². The summed E-state index contributed by atoms with van der Waals surface area (Å²) >= 11 is 1.55. The van der Waals surface area contributed by atoms with Gasteiger partial charge in [0.05, 0.1) is 18.1 Å². The van der Waals surface area contributed by atoms with Crippen molar-refractivity contribution in [1.29, 1.82) is 0 Å². The van der Waals surface area contributed by atoms with Gasteiger partial charge in [0.25, 0.3) is 0 Å². The number of aliphatic hydroxyl groups excluding tert-OH is 1. The molecule has 0 aliphatic carbocycles. The molecule has 0 atom stereocenters. The van der Waals surface area contributed by atoms with Crippen LogP contribution in [-0.4, -0.2) is 20.9 Å². The van der Waals surface area contributed by atoms with Gasteiger partial charge in [-0.25, -0.2) is 0 Å². The molecule has 15 heavy (non-hydrogen) atoms. The van der Waals surface area contributed by atoms with Gasteiger partial charge in [0.2, 0.25) is 0 Å². The molecule has 0 fully saturated rings. The van der Waals surface area contributed by atoms with Gasteiger partial charge >= 0.3 is 0 Å². The van der Waals surface area contributed by atoms with E-state index in [0.29, 0.717) is 22.8 Å². The van der Waals surface area contributed by atoms with Crippen LogP contribution in [0.3, 0.4) is 0 Å². The Morgan fingerprint density at radius 1 is 1.60 bits per heavy atom. The van der Waals surface area contributed by atoms with Gasteiger partial charge in [-0.1, -0.05) is 5.92 Å². The summed E-state index contributed by atoms with van der Waals surface area (Å²) in [5.41, 5.74) is 1.91. The minimum absolute atomic E-state index is 0.0799. The normalized spacial score (nSPS) is 9.93. The van der Waals surface area contributed by atoms with E-state index in [1.54, 1.807) is 24.9 Å². The molecular weight excluding hydrogens is 210 g/mol. The topological polar surface area (TPSA) is 53.4 Å². The molecule has 0 radical (unpaired) electrons. The van der Waals surface area contributed by atoms with Crippen LogP contribution in [0.1, 0.15) is 16.8 Å². The fourth-order valence-electron chi connectivity index (χ4n) is 1.20. The molecule has 1 aromatic heterocycles. The molecule has 0 aliphatic heterocycles. The number of rotatable bonds is 4. The number of aromatic hydroxyl groups is 1. The monoisotopic (exact) mass is 223 g/mol. The number of aryl methyl sites for hydroxylation is 1. The number of nitrogens with zero attached hydrogens (tertiary/aromatic N) is 1. The highest BCUT2D eigenvalue weighted by atomic mass is 32.2. The largest absolute Gasteiger partial charge is 0.506 e. The molecule has 0 spiro atoms. The van der Waals surface area contributed by atoms with Crippen LogP contribution in [0.5, 0.6) is 5.75 Å². The quantitative estimate of drug-likeness (QED) is 0.599. The molecule has 1 heterocycles. The lowest BCUT2D eigenvalue weighted by Crippen LogP contribution is -1.97. The Morgan fingerprint density at radius 2 is 2.33 bits per heavy atom. The van der Waals surface area contributed by atoms with Gasteiger partial charge in [-0.15, -0.1) is 18.2 Å². The fourth-order valence-corrected chi connectivity index (χ4v) is 1.89. The standard InChI is InChI=1S/C11H13NO2S/c1-3-4-15-7-9-5-12-8(2)11(14)10(9)6-13/h1,5,13-14H,4,6-7H2,2H3. The lowest BCUT2D eigenvalue weighted by Gasteiger charge is -2.09. The molecule has 80 valence electrons. The zero-order valence-electron chi connectivity index (χ0n) is 8.53. The second kappa shape index (κ2) is 5.64. The molecule has 1 aromatic rings. The van der Waals surface area contributed by atoms with Gasteiger partial charge in [-0.2, -0.15) is 0 Å². The Hall–Kier alpha value is -1.18. The Bertz CT molecular complexity index is 385. The molecule has 0 saturated carbocycles. The number of aromatic nitrogens is 1. The third-order valence-electron chi connectivity index (χ3n) is 2.03. The van der Waals surface area contributed by atoms with Gasteiger partial charge < -0.3 is 10.2 Å². The summed E-state index contributed by atoms with van der Waals surface area (Å²) in [6.45, 7) is 1.52. The molecule has 0 aliphatic rings. The molecule has 0 unspecified atom stereocenters. The number of aliphatic hydroxyl groups is 1. The van der Waals surface area contributed by atoms with E-state index in [2.05, 4.69) is 10.9 Å². The molecule has 2 N–H and O–H groups in total. The van der Waals surface area contributed by atoms with Crippen LogP contribution < -0.4 is 0 Å². The summed E-state index contributed by atoms with van der Waals surface area (Å²) in [6.07, 6.45) is 6.80. The first-order valence-corrected chi connectivity index (χ1v) is 5.64. The Morgan fingerprint density at radius 3 is 2.93 bits per heavy atom. The third-order valence-corrected chi connectivity index (χ3v) is 2.92. The molecule has 1 rings (SSSR count). The van der Waals surface area contributed by atoms with Crippen LogP contribution >= 0.6 is 11.8 Å². The average molecular weight is 223 g/mol. The number of thioether (sulfide) groups is 1. The van der Waals surface area contributed by atoms with E-state index in [-0.39, 0.29) is 12.4 Å². The highest BCUT2D eigenvalue weighted by Gasteiger charge is 2.10. The van der Waals surface area contributed by atoms with E-state index in [4.69, 9.17) is 11.5 Å². The van der Waals surface area contributed by atoms with E-state index in [1.165, 1.54) is 0 Å². The molecule has 0 saturated heterocycles. The van der Waals surface area contributed by atoms with Crippen LogP contribution in [0.15, 0.2) is 6.20 Å². The van der Waals surface area contributed by atoms with E-state index >= 15 is 0 Å². The number of hydrogen-bond donors (Lipinski definition) is 2. The summed E-state index contributed by atoms with van der Waals surface area (Å²) in [7, 11) is 0. The molecule has 3 nitrogen and oxygen atoms in total. The molecule has 0 aromatic carbocycles. The number of terminal acetylenes is 1. The second-order valence-electron chi connectivity index (χ2n) is 3.05. The zero-order valence-corrected chi connectivity index (χ0v) is 9.34. The first kappa shape index (κ1) is 11.9. The second-order valence-corrected chi connectivity index (χ2v) is 4.04. The highest BCUT2D eigenvalue weighted by Crippen LogP contribution is 2.26. The molecule has 4 heteroatoms. The van der Waals surface area contributed by atoms with Gasteiger partial charge in [0, 0.05) is 17.5 Å². The van der Waals surface area contributed by atoms with Crippen molar-refractivity contribution in [2.45, 2.75) is 19.3 Å². The van der Waals surface area contributed by atoms with Crippen molar-refractivity contribution in [2.75, 3.05) is 5.75 Å². The van der Waals surface area contributed by atoms with Crippen molar-refractivity contribution in [3.8, 4) is 18.1 Å². The summed E-state index contributed by atoms with van der Waals surface area (Å²) < 4.78 is 0. The SMILES string of the molecule is C#CCSCc1cnc(C)c(O)c1CO. The Kier molecular flexibility index (Phi) is 4.47. The maximum Gasteiger partial charge on any atom is 0.142 e. The predicted molar refractivity (Wildman–Crippen MR) is 61.6 cm³/mol.